The van der Waals surface area contributed by atoms with Gasteiger partial charge in [-0.25, -0.2) is 15.0 Å². The monoisotopic (exact) mass is 323 g/mol. The Bertz CT molecular complexity index is 871. The fourth-order valence-electron chi connectivity index (χ4n) is 2.18. The first-order valence-corrected chi connectivity index (χ1v) is 7.37. The van der Waals surface area contributed by atoms with Crippen LogP contribution in [0.4, 0.5) is 5.69 Å². The summed E-state index contributed by atoms with van der Waals surface area (Å²) in [7, 11) is 1.56. The maximum Gasteiger partial charge on any atom is 0.255 e. The maximum atomic E-state index is 12.3. The first-order valence-electron chi connectivity index (χ1n) is 7.37. The molecule has 0 saturated heterocycles. The molecule has 0 spiro atoms. The number of nitrogens with one attached hydrogen (secondary N) is 1. The van der Waals surface area contributed by atoms with Crippen LogP contribution in [0.2, 0.25) is 0 Å². The number of nitrogens with zero attached hydrogens (tertiary/aromatic N) is 4. The minimum atomic E-state index is -0.250. The lowest BCUT2D eigenvalue weighted by Gasteiger charge is -2.07. The molecule has 0 radical (unpaired) electrons. The van der Waals surface area contributed by atoms with Gasteiger partial charge in [-0.3, -0.25) is 9.36 Å². The molecule has 3 rings (SSSR count). The number of carbonyl (C=O) groups excluding carboxylic acids is 1. The molecule has 0 aliphatic heterocycles. The Morgan fingerprint density at radius 2 is 1.92 bits per heavy atom. The smallest absolute Gasteiger partial charge is 0.255 e. The summed E-state index contributed by atoms with van der Waals surface area (Å²) in [5.74, 6) is 0.882. The fraction of sp³-hybridized carbons (Fsp3) is 0.176. The molecule has 2 heterocycles. The lowest BCUT2D eigenvalue weighted by molar-refractivity contribution is 0.102. The SMILES string of the molecule is COc1cccc(C(=O)Nc2cnc(-n3cnc(C)c3C)nc2)c1. The van der Waals surface area contributed by atoms with E-state index in [-0.39, 0.29) is 5.91 Å². The highest BCUT2D eigenvalue weighted by atomic mass is 16.5. The van der Waals surface area contributed by atoms with Gasteiger partial charge in [0, 0.05) is 11.3 Å². The number of ether oxygens (including phenoxy) is 1. The van der Waals surface area contributed by atoms with Crippen molar-refractivity contribution < 1.29 is 9.53 Å². The number of hydrogen-bond acceptors (Lipinski definition) is 5. The Labute approximate surface area is 139 Å². The minimum absolute atomic E-state index is 0.250. The summed E-state index contributed by atoms with van der Waals surface area (Å²) in [4.78, 5) is 25.0. The molecule has 24 heavy (non-hydrogen) atoms. The molecular formula is C17H17N5O2. The van der Waals surface area contributed by atoms with Crippen molar-refractivity contribution in [3.63, 3.8) is 0 Å². The van der Waals surface area contributed by atoms with Crippen LogP contribution >= 0.6 is 0 Å². The van der Waals surface area contributed by atoms with Crippen LogP contribution in [0.15, 0.2) is 43.0 Å². The molecule has 0 atom stereocenters. The quantitative estimate of drug-likeness (QED) is 0.798. The number of benzene rings is 1. The lowest BCUT2D eigenvalue weighted by atomic mass is 10.2. The van der Waals surface area contributed by atoms with Crippen molar-refractivity contribution >= 4 is 11.6 Å². The van der Waals surface area contributed by atoms with Crippen LogP contribution in [0, 0.1) is 13.8 Å². The molecule has 0 aliphatic rings. The van der Waals surface area contributed by atoms with E-state index in [0.717, 1.165) is 11.4 Å². The molecule has 1 N–H and O–H groups in total. The molecule has 2 aromatic heterocycles. The molecule has 0 unspecified atom stereocenters. The van der Waals surface area contributed by atoms with Crippen LogP contribution < -0.4 is 10.1 Å². The largest absolute Gasteiger partial charge is 0.497 e. The predicted octanol–water partition coefficient (Wildman–Crippen LogP) is 2.54. The second-order valence-corrected chi connectivity index (χ2v) is 5.24. The third-order valence-electron chi connectivity index (χ3n) is 3.70. The van der Waals surface area contributed by atoms with Gasteiger partial charge in [-0.2, -0.15) is 0 Å². The number of rotatable bonds is 4. The molecule has 7 nitrogen and oxygen atoms in total. The average molecular weight is 323 g/mol. The van der Waals surface area contributed by atoms with E-state index in [1.807, 2.05) is 13.8 Å². The van der Waals surface area contributed by atoms with E-state index in [0.29, 0.717) is 22.9 Å². The zero-order valence-electron chi connectivity index (χ0n) is 13.6. The van der Waals surface area contributed by atoms with Crippen molar-refractivity contribution in [2.24, 2.45) is 0 Å². The number of aromatic nitrogens is 4. The van der Waals surface area contributed by atoms with Gasteiger partial charge < -0.3 is 10.1 Å². The Morgan fingerprint density at radius 1 is 1.17 bits per heavy atom. The van der Waals surface area contributed by atoms with Gasteiger partial charge in [-0.15, -0.1) is 0 Å². The van der Waals surface area contributed by atoms with E-state index in [4.69, 9.17) is 4.74 Å². The highest BCUT2D eigenvalue weighted by molar-refractivity contribution is 6.04. The summed E-state index contributed by atoms with van der Waals surface area (Å²) in [6, 6.07) is 6.93. The zero-order chi connectivity index (χ0) is 17.1. The molecule has 0 aliphatic carbocycles. The van der Waals surface area contributed by atoms with Crippen LogP contribution in [0.1, 0.15) is 21.7 Å². The van der Waals surface area contributed by atoms with Gasteiger partial charge >= 0.3 is 0 Å². The zero-order valence-corrected chi connectivity index (χ0v) is 13.6. The molecule has 0 bridgehead atoms. The van der Waals surface area contributed by atoms with E-state index in [1.54, 1.807) is 54.7 Å². The summed E-state index contributed by atoms with van der Waals surface area (Å²) < 4.78 is 6.91. The van der Waals surface area contributed by atoms with Crippen LogP contribution in [-0.2, 0) is 0 Å². The number of anilines is 1. The molecule has 0 fully saturated rings. The van der Waals surface area contributed by atoms with Crippen LogP contribution in [0.3, 0.4) is 0 Å². The summed E-state index contributed by atoms with van der Waals surface area (Å²) in [6.45, 7) is 3.87. The van der Waals surface area contributed by atoms with Crippen molar-refractivity contribution in [2.45, 2.75) is 13.8 Å². The van der Waals surface area contributed by atoms with Crippen LogP contribution in [0.25, 0.3) is 5.95 Å². The number of amides is 1. The highest BCUT2D eigenvalue weighted by Gasteiger charge is 2.10. The topological polar surface area (TPSA) is 81.9 Å². The summed E-state index contributed by atoms with van der Waals surface area (Å²) in [5.41, 5.74) is 2.91. The molecule has 0 saturated carbocycles. The van der Waals surface area contributed by atoms with E-state index >= 15 is 0 Å². The van der Waals surface area contributed by atoms with Gasteiger partial charge in [0.15, 0.2) is 0 Å². The maximum absolute atomic E-state index is 12.3. The number of hydrogen-bond donors (Lipinski definition) is 1. The molecule has 122 valence electrons. The second kappa shape index (κ2) is 6.49. The summed E-state index contributed by atoms with van der Waals surface area (Å²) in [5, 5.41) is 2.76. The van der Waals surface area contributed by atoms with Crippen molar-refractivity contribution in [1.29, 1.82) is 0 Å². The van der Waals surface area contributed by atoms with E-state index in [9.17, 15) is 4.79 Å². The lowest BCUT2D eigenvalue weighted by Crippen LogP contribution is -2.13. The van der Waals surface area contributed by atoms with Gasteiger partial charge in [-0.05, 0) is 32.0 Å². The van der Waals surface area contributed by atoms with E-state index in [2.05, 4.69) is 20.3 Å². The van der Waals surface area contributed by atoms with Crippen molar-refractivity contribution in [3.05, 3.63) is 59.9 Å². The first-order chi connectivity index (χ1) is 11.6. The van der Waals surface area contributed by atoms with Crippen LogP contribution in [-0.4, -0.2) is 32.5 Å². The average Bonchev–Trinajstić information content (AvgIpc) is 2.95. The molecule has 7 heteroatoms. The normalized spacial score (nSPS) is 10.5. The Hall–Kier alpha value is -3.22. The molecule has 3 aromatic rings. The second-order valence-electron chi connectivity index (χ2n) is 5.24. The fourth-order valence-corrected chi connectivity index (χ4v) is 2.18. The van der Waals surface area contributed by atoms with Crippen molar-refractivity contribution in [1.82, 2.24) is 19.5 Å². The standard InChI is InChI=1S/C17H17N5O2/c1-11-12(2)22(10-20-11)17-18-8-14(9-19-17)21-16(23)13-5-4-6-15(7-13)24-3/h4-10H,1-3H3,(H,21,23). The first kappa shape index (κ1) is 15.7. The third kappa shape index (κ3) is 3.10. The predicted molar refractivity (Wildman–Crippen MR) is 89.6 cm³/mol. The number of carbonyl (C=O) groups is 1. The van der Waals surface area contributed by atoms with Crippen molar-refractivity contribution in [2.75, 3.05) is 12.4 Å². The van der Waals surface area contributed by atoms with Gasteiger partial charge in [0.1, 0.15) is 12.1 Å². The summed E-state index contributed by atoms with van der Waals surface area (Å²) >= 11 is 0. The molecular weight excluding hydrogens is 306 g/mol. The highest BCUT2D eigenvalue weighted by Crippen LogP contribution is 2.15. The molecule has 1 aromatic carbocycles. The van der Waals surface area contributed by atoms with Crippen molar-refractivity contribution in [3.8, 4) is 11.7 Å². The van der Waals surface area contributed by atoms with E-state index in [1.165, 1.54) is 0 Å². The van der Waals surface area contributed by atoms with E-state index < -0.39 is 0 Å². The van der Waals surface area contributed by atoms with Gasteiger partial charge in [0.25, 0.3) is 5.91 Å². The Balaban J connectivity index is 1.76. The van der Waals surface area contributed by atoms with Crippen LogP contribution in [0.5, 0.6) is 5.75 Å². The Kier molecular flexibility index (Phi) is 4.24. The van der Waals surface area contributed by atoms with Gasteiger partial charge in [0.05, 0.1) is 30.9 Å². The minimum Gasteiger partial charge on any atom is -0.497 e. The number of imidazole rings is 1. The van der Waals surface area contributed by atoms with Gasteiger partial charge in [0.2, 0.25) is 5.95 Å². The number of aryl methyl sites for hydroxylation is 1. The Morgan fingerprint density at radius 3 is 2.54 bits per heavy atom. The molecule has 1 amide bonds. The third-order valence-corrected chi connectivity index (χ3v) is 3.70. The summed E-state index contributed by atoms with van der Waals surface area (Å²) in [6.07, 6.45) is 4.80. The number of methoxy groups -OCH3 is 1. The van der Waals surface area contributed by atoms with Gasteiger partial charge in [-0.1, -0.05) is 6.07 Å².